The lowest BCUT2D eigenvalue weighted by molar-refractivity contribution is -0.117. The van der Waals surface area contributed by atoms with Gasteiger partial charge in [0.25, 0.3) is 5.56 Å². The second-order valence-corrected chi connectivity index (χ2v) is 8.12. The van der Waals surface area contributed by atoms with Crippen LogP contribution in [0.25, 0.3) is 0 Å². The van der Waals surface area contributed by atoms with Crippen LogP contribution in [0, 0.1) is 24.5 Å². The highest BCUT2D eigenvalue weighted by Crippen LogP contribution is 2.36. The Kier molecular flexibility index (Phi) is 5.36. The van der Waals surface area contributed by atoms with Crippen molar-refractivity contribution in [1.29, 1.82) is 0 Å². The SMILES string of the molecule is COc1cc(F)c(C2CC(=O)N(c3c(C)ccn(CC(O)C4CC4)c3=O)C2)c(F)c1. The average molecular weight is 418 g/mol. The maximum atomic E-state index is 14.5. The molecule has 1 saturated carbocycles. The van der Waals surface area contributed by atoms with Crippen LogP contribution >= 0.6 is 0 Å². The van der Waals surface area contributed by atoms with E-state index in [1.165, 1.54) is 16.6 Å². The van der Waals surface area contributed by atoms with Crippen LogP contribution in [0.15, 0.2) is 29.2 Å². The van der Waals surface area contributed by atoms with Crippen molar-refractivity contribution in [1.82, 2.24) is 4.57 Å². The molecule has 4 rings (SSSR count). The Labute approximate surface area is 172 Å². The zero-order valence-electron chi connectivity index (χ0n) is 16.9. The Hall–Kier alpha value is -2.74. The summed E-state index contributed by atoms with van der Waals surface area (Å²) in [6, 6.07) is 3.89. The first-order chi connectivity index (χ1) is 14.3. The Morgan fingerprint density at radius 3 is 2.50 bits per heavy atom. The molecular formula is C22H24F2N2O4. The fraction of sp³-hybridized carbons (Fsp3) is 0.455. The zero-order chi connectivity index (χ0) is 21.6. The number of benzene rings is 1. The number of anilines is 1. The van der Waals surface area contributed by atoms with Gasteiger partial charge in [0, 0.05) is 42.8 Å². The van der Waals surface area contributed by atoms with Gasteiger partial charge in [-0.3, -0.25) is 9.59 Å². The summed E-state index contributed by atoms with van der Waals surface area (Å²) in [5.74, 6) is -2.36. The van der Waals surface area contributed by atoms with Crippen molar-refractivity contribution >= 4 is 11.6 Å². The van der Waals surface area contributed by atoms with Crippen LogP contribution in [-0.2, 0) is 11.3 Å². The van der Waals surface area contributed by atoms with Crippen molar-refractivity contribution in [2.45, 2.75) is 44.8 Å². The number of pyridine rings is 1. The molecule has 1 N–H and O–H groups in total. The van der Waals surface area contributed by atoms with Crippen LogP contribution in [-0.4, -0.2) is 35.3 Å². The van der Waals surface area contributed by atoms with Gasteiger partial charge in [-0.15, -0.1) is 0 Å². The van der Waals surface area contributed by atoms with Crippen LogP contribution in [0.3, 0.4) is 0 Å². The summed E-state index contributed by atoms with van der Waals surface area (Å²) in [5.41, 5.74) is 0.230. The van der Waals surface area contributed by atoms with Crippen molar-refractivity contribution < 1.29 is 23.4 Å². The van der Waals surface area contributed by atoms with E-state index >= 15 is 0 Å². The van der Waals surface area contributed by atoms with Gasteiger partial charge in [0.15, 0.2) is 0 Å². The summed E-state index contributed by atoms with van der Waals surface area (Å²) >= 11 is 0. The van der Waals surface area contributed by atoms with Crippen molar-refractivity contribution in [3.05, 3.63) is 57.5 Å². The number of aliphatic hydroxyl groups is 1. The molecule has 0 radical (unpaired) electrons. The minimum absolute atomic E-state index is 0.00424. The minimum atomic E-state index is -0.777. The molecule has 2 aromatic rings. The molecule has 1 aliphatic heterocycles. The van der Waals surface area contributed by atoms with Crippen molar-refractivity contribution in [2.75, 3.05) is 18.6 Å². The number of carbonyl (C=O) groups is 1. The van der Waals surface area contributed by atoms with E-state index in [1.807, 2.05) is 0 Å². The fourth-order valence-electron chi connectivity index (χ4n) is 4.14. The van der Waals surface area contributed by atoms with E-state index < -0.39 is 23.7 Å². The molecule has 6 nitrogen and oxygen atoms in total. The molecule has 8 heteroatoms. The lowest BCUT2D eigenvalue weighted by Gasteiger charge is -2.21. The number of hydrogen-bond acceptors (Lipinski definition) is 4. The molecule has 1 saturated heterocycles. The molecule has 160 valence electrons. The van der Waals surface area contributed by atoms with Gasteiger partial charge < -0.3 is 19.3 Å². The number of nitrogens with zero attached hydrogens (tertiary/aromatic N) is 2. The van der Waals surface area contributed by atoms with E-state index in [9.17, 15) is 23.5 Å². The average Bonchev–Trinajstić information content (AvgIpc) is 3.48. The molecule has 2 unspecified atom stereocenters. The summed E-state index contributed by atoms with van der Waals surface area (Å²) in [6.45, 7) is 1.88. The largest absolute Gasteiger partial charge is 0.497 e. The summed E-state index contributed by atoms with van der Waals surface area (Å²) in [4.78, 5) is 27.1. The fourth-order valence-corrected chi connectivity index (χ4v) is 4.14. The predicted molar refractivity (Wildman–Crippen MR) is 107 cm³/mol. The molecule has 2 atom stereocenters. The van der Waals surface area contributed by atoms with E-state index in [-0.39, 0.29) is 53.9 Å². The molecule has 2 heterocycles. The van der Waals surface area contributed by atoms with E-state index in [1.54, 1.807) is 19.2 Å². The monoisotopic (exact) mass is 418 g/mol. The lowest BCUT2D eigenvalue weighted by atomic mass is 9.97. The molecule has 1 aromatic carbocycles. The zero-order valence-corrected chi connectivity index (χ0v) is 16.9. The number of carbonyl (C=O) groups excluding carboxylic acids is 1. The van der Waals surface area contributed by atoms with E-state index in [0.29, 0.717) is 5.56 Å². The van der Waals surface area contributed by atoms with E-state index in [2.05, 4.69) is 0 Å². The Bertz CT molecular complexity index is 1020. The summed E-state index contributed by atoms with van der Waals surface area (Å²) in [7, 11) is 1.32. The topological polar surface area (TPSA) is 71.8 Å². The van der Waals surface area contributed by atoms with Crippen molar-refractivity contribution in [3.63, 3.8) is 0 Å². The lowest BCUT2D eigenvalue weighted by Crippen LogP contribution is -2.36. The maximum absolute atomic E-state index is 14.5. The first kappa shape index (κ1) is 20.5. The van der Waals surface area contributed by atoms with Gasteiger partial charge in [0.1, 0.15) is 23.1 Å². The number of aromatic nitrogens is 1. The number of ether oxygens (including phenoxy) is 1. The number of amides is 1. The number of methoxy groups -OCH3 is 1. The van der Waals surface area contributed by atoms with Gasteiger partial charge in [0.05, 0.1) is 19.8 Å². The molecule has 1 amide bonds. The van der Waals surface area contributed by atoms with Gasteiger partial charge in [0.2, 0.25) is 5.91 Å². The number of halogens is 2. The third-order valence-corrected chi connectivity index (χ3v) is 5.98. The van der Waals surface area contributed by atoms with Crippen LogP contribution in [0.5, 0.6) is 5.75 Å². The molecule has 0 spiro atoms. The highest BCUT2D eigenvalue weighted by atomic mass is 19.1. The third kappa shape index (κ3) is 3.71. The number of aryl methyl sites for hydroxylation is 1. The third-order valence-electron chi connectivity index (χ3n) is 5.98. The van der Waals surface area contributed by atoms with Gasteiger partial charge in [-0.2, -0.15) is 0 Å². The first-order valence-electron chi connectivity index (χ1n) is 10.0. The van der Waals surface area contributed by atoms with Crippen LogP contribution in [0.1, 0.15) is 36.3 Å². The minimum Gasteiger partial charge on any atom is -0.497 e. The van der Waals surface area contributed by atoms with E-state index in [4.69, 9.17) is 4.74 Å². The number of hydrogen-bond donors (Lipinski definition) is 1. The Morgan fingerprint density at radius 2 is 1.90 bits per heavy atom. The molecule has 1 aliphatic carbocycles. The maximum Gasteiger partial charge on any atom is 0.274 e. The standard InChI is InChI=1S/C22H24F2N2O4/c1-12-5-6-25(11-18(27)13-3-4-13)22(29)21(12)26-10-14(7-19(26)28)20-16(23)8-15(30-2)9-17(20)24/h5-6,8-9,13-14,18,27H,3-4,7,10-11H2,1-2H3. The Balaban J connectivity index is 1.64. The smallest absolute Gasteiger partial charge is 0.274 e. The van der Waals surface area contributed by atoms with Gasteiger partial charge in [-0.1, -0.05) is 0 Å². The number of rotatable bonds is 6. The normalized spacial score (nSPS) is 20.0. The molecule has 2 aliphatic rings. The number of aliphatic hydroxyl groups excluding tert-OH is 1. The Morgan fingerprint density at radius 1 is 1.23 bits per heavy atom. The summed E-state index contributed by atoms with van der Waals surface area (Å²) in [5, 5.41) is 10.2. The quantitative estimate of drug-likeness (QED) is 0.783. The van der Waals surface area contributed by atoms with Gasteiger partial charge in [-0.25, -0.2) is 8.78 Å². The predicted octanol–water partition coefficient (Wildman–Crippen LogP) is 2.73. The van der Waals surface area contributed by atoms with E-state index in [0.717, 1.165) is 25.0 Å². The summed E-state index contributed by atoms with van der Waals surface area (Å²) in [6.07, 6.45) is 2.79. The molecule has 2 fully saturated rings. The van der Waals surface area contributed by atoms with Crippen LogP contribution in [0.4, 0.5) is 14.5 Å². The van der Waals surface area contributed by atoms with Crippen molar-refractivity contribution in [2.24, 2.45) is 5.92 Å². The molecule has 1 aromatic heterocycles. The summed E-state index contributed by atoms with van der Waals surface area (Å²) < 4.78 is 35.3. The van der Waals surface area contributed by atoms with Crippen molar-refractivity contribution in [3.8, 4) is 5.75 Å². The molecular weight excluding hydrogens is 394 g/mol. The highest BCUT2D eigenvalue weighted by molar-refractivity contribution is 5.97. The highest BCUT2D eigenvalue weighted by Gasteiger charge is 2.37. The molecule has 0 bridgehead atoms. The van der Waals surface area contributed by atoms with Crippen LogP contribution < -0.4 is 15.2 Å². The van der Waals surface area contributed by atoms with Crippen LogP contribution in [0.2, 0.25) is 0 Å². The van der Waals surface area contributed by atoms with Gasteiger partial charge >= 0.3 is 0 Å². The molecule has 30 heavy (non-hydrogen) atoms. The van der Waals surface area contributed by atoms with Gasteiger partial charge in [-0.05, 0) is 37.3 Å². The second kappa shape index (κ2) is 7.83. The second-order valence-electron chi connectivity index (χ2n) is 8.12. The first-order valence-corrected chi connectivity index (χ1v) is 10.0.